The number of methoxy groups -OCH3 is 1. The smallest absolute Gasteiger partial charge is 0.274 e. The van der Waals surface area contributed by atoms with Crippen molar-refractivity contribution in [2.75, 3.05) is 7.11 Å². The first-order valence-corrected chi connectivity index (χ1v) is 11.4. The van der Waals surface area contributed by atoms with Crippen molar-refractivity contribution >= 4 is 20.6 Å². The Balaban J connectivity index is 1.47. The highest BCUT2D eigenvalue weighted by molar-refractivity contribution is 7.91. The number of rotatable bonds is 6. The molecule has 0 atom stereocenters. The number of hydrogen-bond acceptors (Lipinski definition) is 6. The second-order valence-corrected chi connectivity index (χ2v) is 9.50. The molecule has 9 heteroatoms. The van der Waals surface area contributed by atoms with E-state index in [-0.39, 0.29) is 21.9 Å². The fourth-order valence-electron chi connectivity index (χ4n) is 3.49. The molecule has 0 radical (unpaired) electrons. The lowest BCUT2D eigenvalue weighted by Gasteiger charge is -2.08. The molecular weight excluding hydrogens is 416 g/mol. The molecule has 5 rings (SSSR count). The lowest BCUT2D eigenvalue weighted by Crippen LogP contribution is -2.23. The molecule has 2 aromatic carbocycles. The average Bonchev–Trinajstić information content (AvgIpc) is 3.54. The second kappa shape index (κ2) is 7.35. The molecular formula is C22H20N4O4S. The summed E-state index contributed by atoms with van der Waals surface area (Å²) in [6.45, 7) is 0.264. The van der Waals surface area contributed by atoms with Gasteiger partial charge >= 0.3 is 0 Å². The Morgan fingerprint density at radius 3 is 2.52 bits per heavy atom. The summed E-state index contributed by atoms with van der Waals surface area (Å²) in [4.78, 5) is 13.1. The first-order chi connectivity index (χ1) is 15.0. The standard InChI is InChI=1S/C22H20N4O4S/c1-30-18-4-6-19(7-5-18)31(28,29)20-8-9-21-15(12-20)13-23-26(22(21)27)14-16-10-11-25(24-16)17-2-3-17/h4-13,17H,2-3,14H2,1H3. The molecule has 0 spiro atoms. The Labute approximate surface area is 178 Å². The maximum absolute atomic E-state index is 13.0. The Morgan fingerprint density at radius 2 is 1.81 bits per heavy atom. The van der Waals surface area contributed by atoms with Crippen LogP contribution in [0.2, 0.25) is 0 Å². The van der Waals surface area contributed by atoms with Gasteiger partial charge in [0.2, 0.25) is 9.84 Å². The predicted octanol–water partition coefficient (Wildman–Crippen LogP) is 2.82. The molecule has 1 saturated carbocycles. The Hall–Kier alpha value is -3.46. The highest BCUT2D eigenvalue weighted by Gasteiger charge is 2.24. The van der Waals surface area contributed by atoms with Crippen molar-refractivity contribution in [3.8, 4) is 5.75 Å². The number of ether oxygens (including phenoxy) is 1. The molecule has 1 aliphatic carbocycles. The van der Waals surface area contributed by atoms with Crippen molar-refractivity contribution in [2.45, 2.75) is 35.2 Å². The minimum Gasteiger partial charge on any atom is -0.497 e. The first-order valence-electron chi connectivity index (χ1n) is 9.89. The summed E-state index contributed by atoms with van der Waals surface area (Å²) in [5.74, 6) is 0.573. The van der Waals surface area contributed by atoms with Gasteiger partial charge in [0, 0.05) is 11.6 Å². The highest BCUT2D eigenvalue weighted by atomic mass is 32.2. The Kier molecular flexibility index (Phi) is 4.62. The van der Waals surface area contributed by atoms with Crippen molar-refractivity contribution in [1.82, 2.24) is 19.6 Å². The van der Waals surface area contributed by atoms with Crippen LogP contribution in [0.25, 0.3) is 10.8 Å². The predicted molar refractivity (Wildman–Crippen MR) is 114 cm³/mol. The summed E-state index contributed by atoms with van der Waals surface area (Å²) in [5, 5.41) is 9.62. The van der Waals surface area contributed by atoms with Gasteiger partial charge in [-0.1, -0.05) is 0 Å². The van der Waals surface area contributed by atoms with Gasteiger partial charge in [0.25, 0.3) is 5.56 Å². The number of aromatic nitrogens is 4. The summed E-state index contributed by atoms with van der Waals surface area (Å²) in [5.41, 5.74) is 0.478. The van der Waals surface area contributed by atoms with E-state index in [4.69, 9.17) is 4.74 Å². The normalized spacial score (nSPS) is 14.1. The molecule has 31 heavy (non-hydrogen) atoms. The van der Waals surface area contributed by atoms with Gasteiger partial charge in [-0.15, -0.1) is 0 Å². The zero-order chi connectivity index (χ0) is 21.6. The van der Waals surface area contributed by atoms with Crippen LogP contribution in [0.5, 0.6) is 5.75 Å². The maximum atomic E-state index is 13.0. The zero-order valence-corrected chi connectivity index (χ0v) is 17.6. The van der Waals surface area contributed by atoms with E-state index in [1.54, 1.807) is 12.1 Å². The Morgan fingerprint density at radius 1 is 1.06 bits per heavy atom. The minimum absolute atomic E-state index is 0.104. The van der Waals surface area contributed by atoms with E-state index in [0.717, 1.165) is 18.5 Å². The van der Waals surface area contributed by atoms with Gasteiger partial charge in [-0.2, -0.15) is 10.2 Å². The number of hydrogen-bond donors (Lipinski definition) is 0. The fraction of sp³-hybridized carbons (Fsp3) is 0.227. The first kappa shape index (κ1) is 19.5. The lowest BCUT2D eigenvalue weighted by atomic mass is 10.2. The van der Waals surface area contributed by atoms with Gasteiger partial charge in [-0.3, -0.25) is 9.48 Å². The number of sulfone groups is 1. The van der Waals surface area contributed by atoms with Crippen molar-refractivity contribution in [3.63, 3.8) is 0 Å². The van der Waals surface area contributed by atoms with Crippen molar-refractivity contribution in [3.05, 3.63) is 77.0 Å². The summed E-state index contributed by atoms with van der Waals surface area (Å²) in [6, 6.07) is 13.0. The molecule has 8 nitrogen and oxygen atoms in total. The van der Waals surface area contributed by atoms with E-state index in [2.05, 4.69) is 10.2 Å². The van der Waals surface area contributed by atoms with Gasteiger partial charge in [0.1, 0.15) is 5.75 Å². The summed E-state index contributed by atoms with van der Waals surface area (Å²) >= 11 is 0. The number of nitrogens with zero attached hydrogens (tertiary/aromatic N) is 4. The minimum atomic E-state index is -3.73. The molecule has 158 valence electrons. The van der Waals surface area contributed by atoms with Crippen LogP contribution in [0, 0.1) is 0 Å². The molecule has 0 N–H and O–H groups in total. The Bertz CT molecular complexity index is 1430. The number of fused-ring (bicyclic) bond motifs is 1. The molecule has 0 saturated heterocycles. The third-order valence-electron chi connectivity index (χ3n) is 5.40. The van der Waals surface area contributed by atoms with Crippen LogP contribution >= 0.6 is 0 Å². The van der Waals surface area contributed by atoms with Crippen LogP contribution in [0.4, 0.5) is 0 Å². The summed E-state index contributed by atoms with van der Waals surface area (Å²) < 4.78 is 34.3. The monoisotopic (exact) mass is 436 g/mol. The molecule has 4 aromatic rings. The summed E-state index contributed by atoms with van der Waals surface area (Å²) in [6.07, 6.45) is 5.71. The largest absolute Gasteiger partial charge is 0.497 e. The van der Waals surface area contributed by atoms with E-state index in [1.807, 2.05) is 16.9 Å². The van der Waals surface area contributed by atoms with Gasteiger partial charge in [-0.05, 0) is 61.4 Å². The molecule has 1 aliphatic rings. The zero-order valence-electron chi connectivity index (χ0n) is 16.8. The van der Waals surface area contributed by atoms with Crippen LogP contribution in [0.15, 0.2) is 75.5 Å². The summed E-state index contributed by atoms with van der Waals surface area (Å²) in [7, 11) is -2.21. The second-order valence-electron chi connectivity index (χ2n) is 7.55. The van der Waals surface area contributed by atoms with Crippen LogP contribution in [0.3, 0.4) is 0 Å². The molecule has 2 aromatic heterocycles. The van der Waals surface area contributed by atoms with Crippen LogP contribution in [0.1, 0.15) is 24.6 Å². The van der Waals surface area contributed by atoms with E-state index in [1.165, 1.54) is 48.3 Å². The van der Waals surface area contributed by atoms with E-state index in [9.17, 15) is 13.2 Å². The van der Waals surface area contributed by atoms with E-state index >= 15 is 0 Å². The molecule has 0 amide bonds. The molecule has 1 fully saturated rings. The highest BCUT2D eigenvalue weighted by Crippen LogP contribution is 2.34. The van der Waals surface area contributed by atoms with Crippen LogP contribution in [-0.4, -0.2) is 35.1 Å². The van der Waals surface area contributed by atoms with Gasteiger partial charge < -0.3 is 4.74 Å². The van der Waals surface area contributed by atoms with Crippen molar-refractivity contribution in [2.24, 2.45) is 0 Å². The number of benzene rings is 2. The SMILES string of the molecule is COc1ccc(S(=O)(=O)c2ccc3c(=O)n(Cc4ccn(C5CC5)n4)ncc3c2)cc1. The van der Waals surface area contributed by atoms with E-state index < -0.39 is 9.84 Å². The van der Waals surface area contributed by atoms with Crippen molar-refractivity contribution in [1.29, 1.82) is 0 Å². The third kappa shape index (κ3) is 3.61. The maximum Gasteiger partial charge on any atom is 0.274 e. The molecule has 2 heterocycles. The van der Waals surface area contributed by atoms with Gasteiger partial charge in [-0.25, -0.2) is 13.1 Å². The van der Waals surface area contributed by atoms with Crippen LogP contribution < -0.4 is 10.3 Å². The molecule has 0 aliphatic heterocycles. The molecule has 0 unspecified atom stereocenters. The molecule has 0 bridgehead atoms. The van der Waals surface area contributed by atoms with Gasteiger partial charge in [0.05, 0.1) is 46.8 Å². The van der Waals surface area contributed by atoms with Gasteiger partial charge in [0.15, 0.2) is 0 Å². The van der Waals surface area contributed by atoms with Crippen LogP contribution in [-0.2, 0) is 16.4 Å². The average molecular weight is 436 g/mol. The topological polar surface area (TPSA) is 96.1 Å². The quantitative estimate of drug-likeness (QED) is 0.461. The fourth-order valence-corrected chi connectivity index (χ4v) is 4.79. The lowest BCUT2D eigenvalue weighted by molar-refractivity contribution is 0.414. The van der Waals surface area contributed by atoms with E-state index in [0.29, 0.717) is 22.6 Å². The third-order valence-corrected chi connectivity index (χ3v) is 7.17. The van der Waals surface area contributed by atoms with Crippen molar-refractivity contribution < 1.29 is 13.2 Å².